The summed E-state index contributed by atoms with van der Waals surface area (Å²) in [6, 6.07) is 21.2. The number of aromatic hydroxyl groups is 1. The number of rotatable bonds is 10. The number of nitrogens with one attached hydrogen (secondary N) is 1. The summed E-state index contributed by atoms with van der Waals surface area (Å²) in [7, 11) is 0. The van der Waals surface area contributed by atoms with Crippen molar-refractivity contribution in [2.24, 2.45) is 5.16 Å². The van der Waals surface area contributed by atoms with Crippen LogP contribution >= 0.6 is 0 Å². The van der Waals surface area contributed by atoms with Crippen molar-refractivity contribution in [3.8, 4) is 5.75 Å². The molecule has 0 saturated heterocycles. The number of carbonyl (C=O) groups excluding carboxylic acids is 2. The zero-order valence-corrected chi connectivity index (χ0v) is 23.5. The highest BCUT2D eigenvalue weighted by atomic mass is 16.4. The van der Waals surface area contributed by atoms with Gasteiger partial charge in [0.05, 0.1) is 17.4 Å². The molecule has 1 heterocycles. The van der Waals surface area contributed by atoms with E-state index in [-0.39, 0.29) is 40.9 Å². The number of Topliss-reactive ketones (excluding diaryl/α,β-unsaturated/α-hetero) is 1. The van der Waals surface area contributed by atoms with Crippen LogP contribution < -0.4 is 10.9 Å². The van der Waals surface area contributed by atoms with Gasteiger partial charge < -0.3 is 20.0 Å². The number of hydrogen-bond acceptors (Lipinski definition) is 7. The molecule has 8 heteroatoms. The fraction of sp³-hybridized carbons (Fsp3) is 0.273. The molecular weight excluding hydrogens is 520 g/mol. The Balaban J connectivity index is 1.63. The Morgan fingerprint density at radius 2 is 1.49 bits per heavy atom. The van der Waals surface area contributed by atoms with Crippen LogP contribution in [-0.2, 0) is 9.59 Å². The van der Waals surface area contributed by atoms with Crippen molar-refractivity contribution >= 4 is 34.1 Å². The molecule has 0 aliphatic heterocycles. The fourth-order valence-electron chi connectivity index (χ4n) is 5.06. The van der Waals surface area contributed by atoms with Gasteiger partial charge in [0.1, 0.15) is 17.1 Å². The Hall–Kier alpha value is -4.72. The zero-order chi connectivity index (χ0) is 29.7. The molecule has 4 aromatic rings. The number of oxime groups is 1. The lowest BCUT2D eigenvalue weighted by Crippen LogP contribution is -2.27. The number of fused-ring (bicyclic) bond motifs is 1. The Kier molecular flexibility index (Phi) is 9.02. The highest BCUT2D eigenvalue weighted by Gasteiger charge is 2.29. The van der Waals surface area contributed by atoms with Crippen LogP contribution in [0.25, 0.3) is 11.0 Å². The second kappa shape index (κ2) is 12.6. The van der Waals surface area contributed by atoms with Gasteiger partial charge in [-0.3, -0.25) is 9.59 Å². The number of anilines is 1. The number of benzene rings is 3. The van der Waals surface area contributed by atoms with E-state index in [9.17, 15) is 24.7 Å². The van der Waals surface area contributed by atoms with E-state index in [4.69, 9.17) is 4.42 Å². The third kappa shape index (κ3) is 6.38. The second-order valence-corrected chi connectivity index (χ2v) is 10.7. The van der Waals surface area contributed by atoms with E-state index in [1.165, 1.54) is 0 Å². The summed E-state index contributed by atoms with van der Waals surface area (Å²) in [5.74, 6) is -2.04. The molecule has 0 aliphatic carbocycles. The van der Waals surface area contributed by atoms with Crippen LogP contribution in [0.2, 0.25) is 0 Å². The average molecular weight is 555 g/mol. The van der Waals surface area contributed by atoms with Gasteiger partial charge in [0.15, 0.2) is 5.71 Å². The minimum Gasteiger partial charge on any atom is -0.507 e. The quantitative estimate of drug-likeness (QED) is 0.0866. The van der Waals surface area contributed by atoms with Crippen molar-refractivity contribution in [2.45, 2.75) is 58.3 Å². The van der Waals surface area contributed by atoms with Crippen LogP contribution in [0.1, 0.15) is 80.5 Å². The lowest BCUT2D eigenvalue weighted by atomic mass is 9.86. The molecule has 1 atom stereocenters. The number of nitrogens with zero attached hydrogens (tertiary/aromatic N) is 1. The van der Waals surface area contributed by atoms with Crippen LogP contribution in [0.15, 0.2) is 87.2 Å². The summed E-state index contributed by atoms with van der Waals surface area (Å²) in [5, 5.41) is 27.2. The molecule has 0 aliphatic rings. The lowest BCUT2D eigenvalue weighted by Gasteiger charge is -2.20. The van der Waals surface area contributed by atoms with Crippen LogP contribution in [-0.4, -0.2) is 27.7 Å². The number of para-hydroxylation sites is 2. The molecule has 1 aromatic heterocycles. The maximum atomic E-state index is 13.4. The van der Waals surface area contributed by atoms with Crippen molar-refractivity contribution in [2.75, 3.05) is 5.32 Å². The van der Waals surface area contributed by atoms with Gasteiger partial charge in [0, 0.05) is 18.0 Å². The molecule has 212 valence electrons. The molecule has 0 saturated carbocycles. The molecule has 3 N–H and O–H groups in total. The first-order valence-electron chi connectivity index (χ1n) is 13.6. The van der Waals surface area contributed by atoms with E-state index in [2.05, 4.69) is 10.5 Å². The monoisotopic (exact) mass is 554 g/mol. The molecular formula is C33H34N2O6. The topological polar surface area (TPSA) is 129 Å². The third-order valence-corrected chi connectivity index (χ3v) is 7.16. The van der Waals surface area contributed by atoms with Crippen LogP contribution in [0.5, 0.6) is 5.75 Å². The van der Waals surface area contributed by atoms with Gasteiger partial charge in [-0.1, -0.05) is 93.5 Å². The lowest BCUT2D eigenvalue weighted by molar-refractivity contribution is -0.119. The van der Waals surface area contributed by atoms with Crippen LogP contribution in [0, 0.1) is 0 Å². The van der Waals surface area contributed by atoms with E-state index in [1.807, 2.05) is 45.9 Å². The van der Waals surface area contributed by atoms with Crippen molar-refractivity contribution in [3.05, 3.63) is 105 Å². The van der Waals surface area contributed by atoms with Gasteiger partial charge in [0.25, 0.3) is 5.91 Å². The number of hydrogen-bond donors (Lipinski definition) is 3. The minimum atomic E-state index is -0.859. The summed E-state index contributed by atoms with van der Waals surface area (Å²) >= 11 is 0. The Bertz CT molecular complexity index is 1630. The summed E-state index contributed by atoms with van der Waals surface area (Å²) in [6.07, 6.45) is -0.723. The summed E-state index contributed by atoms with van der Waals surface area (Å²) < 4.78 is 5.47. The van der Waals surface area contributed by atoms with E-state index in [0.29, 0.717) is 16.6 Å². The van der Waals surface area contributed by atoms with Gasteiger partial charge in [-0.25, -0.2) is 4.79 Å². The third-order valence-electron chi connectivity index (χ3n) is 7.16. The van der Waals surface area contributed by atoms with Gasteiger partial charge in [-0.2, -0.15) is 0 Å². The number of carbonyl (C=O) groups is 2. The highest BCUT2D eigenvalue weighted by molar-refractivity contribution is 6.45. The Morgan fingerprint density at radius 3 is 2.10 bits per heavy atom. The zero-order valence-electron chi connectivity index (χ0n) is 23.5. The van der Waals surface area contributed by atoms with Crippen molar-refractivity contribution in [3.63, 3.8) is 0 Å². The molecule has 3 aromatic carbocycles. The molecule has 8 nitrogen and oxygen atoms in total. The van der Waals surface area contributed by atoms with Crippen LogP contribution in [0.4, 0.5) is 5.69 Å². The molecule has 0 unspecified atom stereocenters. The molecule has 4 rings (SSSR count). The van der Waals surface area contributed by atoms with Gasteiger partial charge in [0.2, 0.25) is 0 Å². The Labute approximate surface area is 238 Å². The second-order valence-electron chi connectivity index (χ2n) is 10.7. The fourth-order valence-corrected chi connectivity index (χ4v) is 5.06. The minimum absolute atomic E-state index is 0.0531. The maximum Gasteiger partial charge on any atom is 0.343 e. The van der Waals surface area contributed by atoms with Crippen molar-refractivity contribution in [1.82, 2.24) is 0 Å². The smallest absolute Gasteiger partial charge is 0.343 e. The normalized spacial score (nSPS) is 12.6. The maximum absolute atomic E-state index is 13.4. The Morgan fingerprint density at radius 1 is 0.878 bits per heavy atom. The summed E-state index contributed by atoms with van der Waals surface area (Å²) in [4.78, 5) is 39.7. The van der Waals surface area contributed by atoms with Crippen molar-refractivity contribution < 1.29 is 24.3 Å². The highest BCUT2D eigenvalue weighted by Crippen LogP contribution is 2.37. The van der Waals surface area contributed by atoms with E-state index in [1.54, 1.807) is 54.6 Å². The van der Waals surface area contributed by atoms with Gasteiger partial charge in [-0.05, 0) is 40.7 Å². The average Bonchev–Trinajstić information content (AvgIpc) is 2.95. The SMILES string of the molecule is CC(C)c1cccc(C(C)C)c1NC(=O)/C(CC(=O)C[C@@H](c1ccccc1)c1c(O)c2ccccc2oc1=O)=N/O. The number of ketones is 1. The molecule has 1 amide bonds. The predicted molar refractivity (Wildman–Crippen MR) is 159 cm³/mol. The predicted octanol–water partition coefficient (Wildman–Crippen LogP) is 6.70. The van der Waals surface area contributed by atoms with Gasteiger partial charge >= 0.3 is 5.63 Å². The first-order chi connectivity index (χ1) is 19.6. The molecule has 0 bridgehead atoms. The number of amides is 1. The largest absolute Gasteiger partial charge is 0.507 e. The molecule has 0 radical (unpaired) electrons. The summed E-state index contributed by atoms with van der Waals surface area (Å²) in [6.45, 7) is 8.06. The van der Waals surface area contributed by atoms with E-state index >= 15 is 0 Å². The first-order valence-corrected chi connectivity index (χ1v) is 13.6. The standard InChI is InChI=1S/C33H34N2O6/c1-19(2)23-14-10-15-24(20(3)4)30(23)34-32(38)27(35-40)18-22(36)17-26(21-11-6-5-7-12-21)29-31(37)25-13-8-9-16-28(25)41-33(29)39/h5-16,19-20,26,37,40H,17-18H2,1-4H3,(H,34,38)/b35-27+/t26-/m0/s1. The summed E-state index contributed by atoms with van der Waals surface area (Å²) in [5.41, 5.74) is 2.16. The molecule has 41 heavy (non-hydrogen) atoms. The van der Waals surface area contributed by atoms with Crippen molar-refractivity contribution in [1.29, 1.82) is 0 Å². The first kappa shape index (κ1) is 29.3. The van der Waals surface area contributed by atoms with E-state index in [0.717, 1.165) is 11.1 Å². The molecule has 0 fully saturated rings. The molecule has 0 spiro atoms. The van der Waals surface area contributed by atoms with E-state index < -0.39 is 29.7 Å². The van der Waals surface area contributed by atoms with Crippen LogP contribution in [0.3, 0.4) is 0 Å². The van der Waals surface area contributed by atoms with Gasteiger partial charge in [-0.15, -0.1) is 0 Å².